The predicted molar refractivity (Wildman–Crippen MR) is 70.0 cm³/mol. The lowest BCUT2D eigenvalue weighted by molar-refractivity contribution is -0.190. The maximum absolute atomic E-state index is 13.1. The number of nitrogens with zero attached hydrogens (tertiary/aromatic N) is 1. The molecule has 1 saturated heterocycles. The third-order valence-corrected chi connectivity index (χ3v) is 4.72. The first-order valence-corrected chi connectivity index (χ1v) is 7.39. The molecule has 1 saturated carbocycles. The topological polar surface area (TPSA) is 15.3 Å². The molecule has 1 heterocycles. The van der Waals surface area contributed by atoms with Crippen LogP contribution in [0, 0.1) is 11.8 Å². The van der Waals surface area contributed by atoms with Crippen molar-refractivity contribution in [2.24, 2.45) is 11.8 Å². The van der Waals surface area contributed by atoms with Gasteiger partial charge in [-0.1, -0.05) is 19.8 Å². The molecule has 19 heavy (non-hydrogen) atoms. The summed E-state index contributed by atoms with van der Waals surface area (Å²) in [6.07, 6.45) is -0.493. The molecule has 0 spiro atoms. The van der Waals surface area contributed by atoms with Crippen LogP contribution in [0.5, 0.6) is 0 Å². The number of hydrogen-bond donors (Lipinski definition) is 1. The van der Waals surface area contributed by atoms with Gasteiger partial charge in [0.1, 0.15) is 0 Å². The summed E-state index contributed by atoms with van der Waals surface area (Å²) in [6.45, 7) is 4.09. The number of halogens is 3. The highest BCUT2D eigenvalue weighted by Gasteiger charge is 2.46. The summed E-state index contributed by atoms with van der Waals surface area (Å²) < 4.78 is 39.2. The van der Waals surface area contributed by atoms with E-state index in [1.807, 2.05) is 0 Å². The predicted octanol–water partition coefficient (Wildman–Crippen LogP) is 3.04. The molecule has 0 radical (unpaired) electrons. The quantitative estimate of drug-likeness (QED) is 0.835. The minimum Gasteiger partial charge on any atom is -0.310 e. The molecule has 1 aliphatic carbocycles. The van der Waals surface area contributed by atoms with Crippen LogP contribution in [0.25, 0.3) is 0 Å². The number of likely N-dealkylation sites (tertiary alicyclic amines) is 1. The lowest BCUT2D eigenvalue weighted by Gasteiger charge is -2.41. The Labute approximate surface area is 113 Å². The van der Waals surface area contributed by atoms with Crippen LogP contribution in [-0.2, 0) is 0 Å². The fourth-order valence-electron chi connectivity index (χ4n) is 3.60. The van der Waals surface area contributed by atoms with E-state index >= 15 is 0 Å². The van der Waals surface area contributed by atoms with E-state index in [0.29, 0.717) is 25.2 Å². The van der Waals surface area contributed by atoms with E-state index < -0.39 is 12.1 Å². The van der Waals surface area contributed by atoms with Gasteiger partial charge in [0.25, 0.3) is 0 Å². The van der Waals surface area contributed by atoms with E-state index in [1.165, 1.54) is 0 Å². The van der Waals surface area contributed by atoms with Crippen LogP contribution < -0.4 is 5.32 Å². The van der Waals surface area contributed by atoms with Gasteiger partial charge in [-0.05, 0) is 38.8 Å². The van der Waals surface area contributed by atoms with E-state index in [-0.39, 0.29) is 12.1 Å². The Morgan fingerprint density at radius 1 is 1.05 bits per heavy atom. The molecule has 0 aromatic heterocycles. The van der Waals surface area contributed by atoms with Crippen molar-refractivity contribution in [3.8, 4) is 0 Å². The van der Waals surface area contributed by atoms with Gasteiger partial charge in [0.05, 0.1) is 5.92 Å². The van der Waals surface area contributed by atoms with E-state index in [4.69, 9.17) is 0 Å². The van der Waals surface area contributed by atoms with Crippen LogP contribution in [0.1, 0.15) is 39.0 Å². The highest BCUT2D eigenvalue weighted by molar-refractivity contribution is 4.91. The number of hydrogen-bond acceptors (Lipinski definition) is 2. The summed E-state index contributed by atoms with van der Waals surface area (Å²) >= 11 is 0. The second-order valence-electron chi connectivity index (χ2n) is 6.34. The summed E-state index contributed by atoms with van der Waals surface area (Å²) in [5.41, 5.74) is 0. The summed E-state index contributed by atoms with van der Waals surface area (Å²) in [5.74, 6) is -0.720. The molecule has 4 unspecified atom stereocenters. The molecule has 2 aliphatic rings. The van der Waals surface area contributed by atoms with Crippen LogP contribution in [0.2, 0.25) is 0 Å². The Balaban J connectivity index is 1.96. The maximum Gasteiger partial charge on any atom is 0.393 e. The fourth-order valence-corrected chi connectivity index (χ4v) is 3.60. The van der Waals surface area contributed by atoms with Crippen LogP contribution in [-0.4, -0.2) is 43.3 Å². The first kappa shape index (κ1) is 15.1. The SMILES string of the molecule is CC1CN(C)CCC1NC1CCCCC1C(F)(F)F. The highest BCUT2D eigenvalue weighted by atomic mass is 19.4. The zero-order valence-electron chi connectivity index (χ0n) is 11.8. The molecule has 0 aromatic carbocycles. The van der Waals surface area contributed by atoms with E-state index in [2.05, 4.69) is 24.2 Å². The van der Waals surface area contributed by atoms with Crippen molar-refractivity contribution in [2.75, 3.05) is 20.1 Å². The van der Waals surface area contributed by atoms with Crippen molar-refractivity contribution < 1.29 is 13.2 Å². The van der Waals surface area contributed by atoms with E-state index in [1.54, 1.807) is 0 Å². The molecular weight excluding hydrogens is 253 g/mol. The highest BCUT2D eigenvalue weighted by Crippen LogP contribution is 2.38. The van der Waals surface area contributed by atoms with Gasteiger partial charge >= 0.3 is 6.18 Å². The minimum absolute atomic E-state index is 0.240. The molecule has 0 bridgehead atoms. The van der Waals surface area contributed by atoms with E-state index in [9.17, 15) is 13.2 Å². The standard InChI is InChI=1S/C14H25F3N2/c1-10-9-19(2)8-7-12(10)18-13-6-4-3-5-11(13)14(15,16)17/h10-13,18H,3-9H2,1-2H3. The normalized spacial score (nSPS) is 38.4. The smallest absolute Gasteiger partial charge is 0.310 e. The van der Waals surface area contributed by atoms with Crippen LogP contribution in [0.4, 0.5) is 13.2 Å². The molecule has 5 heteroatoms. The Morgan fingerprint density at radius 3 is 2.37 bits per heavy atom. The largest absolute Gasteiger partial charge is 0.393 e. The summed E-state index contributed by atoms with van der Waals surface area (Å²) in [6, 6.07) is -0.131. The first-order chi connectivity index (χ1) is 8.88. The Kier molecular flexibility index (Phi) is 4.77. The third-order valence-electron chi connectivity index (χ3n) is 4.72. The Morgan fingerprint density at radius 2 is 1.74 bits per heavy atom. The Hall–Kier alpha value is -0.290. The second kappa shape index (κ2) is 6.00. The van der Waals surface area contributed by atoms with Crippen LogP contribution >= 0.6 is 0 Å². The molecule has 0 aromatic rings. The molecule has 0 amide bonds. The van der Waals surface area contributed by atoms with Crippen molar-refractivity contribution >= 4 is 0 Å². The van der Waals surface area contributed by atoms with Gasteiger partial charge in [-0.3, -0.25) is 0 Å². The number of rotatable bonds is 2. The van der Waals surface area contributed by atoms with Gasteiger partial charge in [-0.2, -0.15) is 13.2 Å². The van der Waals surface area contributed by atoms with Crippen LogP contribution in [0.3, 0.4) is 0 Å². The molecule has 112 valence electrons. The summed E-state index contributed by atoms with van der Waals surface area (Å²) in [5, 5.41) is 3.34. The first-order valence-electron chi connectivity index (χ1n) is 7.39. The third kappa shape index (κ3) is 3.85. The van der Waals surface area contributed by atoms with Gasteiger partial charge in [0, 0.05) is 18.6 Å². The molecule has 2 fully saturated rings. The summed E-state index contributed by atoms with van der Waals surface area (Å²) in [4.78, 5) is 2.25. The molecule has 1 aliphatic heterocycles. The van der Waals surface area contributed by atoms with Gasteiger partial charge in [0.15, 0.2) is 0 Å². The fraction of sp³-hybridized carbons (Fsp3) is 1.00. The molecule has 2 rings (SSSR count). The molecule has 1 N–H and O–H groups in total. The average Bonchev–Trinajstić information content (AvgIpc) is 2.32. The van der Waals surface area contributed by atoms with Crippen molar-refractivity contribution in [3.63, 3.8) is 0 Å². The molecule has 2 nitrogen and oxygen atoms in total. The van der Waals surface area contributed by atoms with Gasteiger partial charge < -0.3 is 10.2 Å². The molecular formula is C14H25F3N2. The zero-order chi connectivity index (χ0) is 14.0. The summed E-state index contributed by atoms with van der Waals surface area (Å²) in [7, 11) is 2.08. The van der Waals surface area contributed by atoms with Crippen molar-refractivity contribution in [2.45, 2.75) is 57.3 Å². The maximum atomic E-state index is 13.1. The Bertz CT molecular complexity index is 293. The number of alkyl halides is 3. The monoisotopic (exact) mass is 278 g/mol. The molecule has 4 atom stereocenters. The lowest BCUT2D eigenvalue weighted by Crippen LogP contribution is -2.54. The second-order valence-corrected chi connectivity index (χ2v) is 6.34. The van der Waals surface area contributed by atoms with Gasteiger partial charge in [-0.15, -0.1) is 0 Å². The van der Waals surface area contributed by atoms with Gasteiger partial charge in [0.2, 0.25) is 0 Å². The van der Waals surface area contributed by atoms with Crippen molar-refractivity contribution in [1.82, 2.24) is 10.2 Å². The van der Waals surface area contributed by atoms with E-state index in [0.717, 1.165) is 25.9 Å². The van der Waals surface area contributed by atoms with Crippen LogP contribution in [0.15, 0.2) is 0 Å². The zero-order valence-corrected chi connectivity index (χ0v) is 11.8. The number of piperidine rings is 1. The lowest BCUT2D eigenvalue weighted by atomic mass is 9.82. The van der Waals surface area contributed by atoms with Crippen molar-refractivity contribution in [3.05, 3.63) is 0 Å². The van der Waals surface area contributed by atoms with Gasteiger partial charge in [-0.25, -0.2) is 0 Å². The average molecular weight is 278 g/mol. The number of nitrogens with one attached hydrogen (secondary N) is 1. The minimum atomic E-state index is -4.05. The van der Waals surface area contributed by atoms with Crippen molar-refractivity contribution in [1.29, 1.82) is 0 Å².